The van der Waals surface area contributed by atoms with E-state index in [0.717, 1.165) is 12.1 Å². The molecular formula is C11H22N2S. The highest BCUT2D eigenvalue weighted by molar-refractivity contribution is 7.99. The van der Waals surface area contributed by atoms with Gasteiger partial charge in [-0.3, -0.25) is 0 Å². The minimum Gasteiger partial charge on any atom is -0.310 e. The molecule has 2 unspecified atom stereocenters. The van der Waals surface area contributed by atoms with Gasteiger partial charge in [-0.05, 0) is 31.6 Å². The van der Waals surface area contributed by atoms with Crippen LogP contribution in [0.25, 0.3) is 0 Å². The summed E-state index contributed by atoms with van der Waals surface area (Å²) in [4.78, 5) is 2.65. The summed E-state index contributed by atoms with van der Waals surface area (Å²) in [5, 5.41) is 3.72. The van der Waals surface area contributed by atoms with Crippen LogP contribution in [-0.4, -0.2) is 48.1 Å². The third kappa shape index (κ3) is 2.88. The Morgan fingerprint density at radius 2 is 2.14 bits per heavy atom. The molecule has 0 spiro atoms. The van der Waals surface area contributed by atoms with Gasteiger partial charge in [0.05, 0.1) is 0 Å². The van der Waals surface area contributed by atoms with Gasteiger partial charge in [-0.25, -0.2) is 0 Å². The maximum atomic E-state index is 3.72. The summed E-state index contributed by atoms with van der Waals surface area (Å²) >= 11 is 2.07. The Labute approximate surface area is 91.8 Å². The molecule has 0 amide bonds. The van der Waals surface area contributed by atoms with Gasteiger partial charge in [-0.2, -0.15) is 11.8 Å². The Morgan fingerprint density at radius 1 is 1.29 bits per heavy atom. The lowest BCUT2D eigenvalue weighted by molar-refractivity contribution is 0.274. The summed E-state index contributed by atoms with van der Waals surface area (Å²) < 4.78 is 0. The van der Waals surface area contributed by atoms with Gasteiger partial charge in [0.25, 0.3) is 0 Å². The summed E-state index contributed by atoms with van der Waals surface area (Å²) in [6.45, 7) is 6.15. The Morgan fingerprint density at radius 3 is 3.00 bits per heavy atom. The van der Waals surface area contributed by atoms with Crippen LogP contribution < -0.4 is 5.32 Å². The minimum atomic E-state index is 0.800. The molecule has 0 saturated carbocycles. The average Bonchev–Trinajstić information content (AvgIpc) is 2.50. The molecular weight excluding hydrogens is 192 g/mol. The fraction of sp³-hybridized carbons (Fsp3) is 1.00. The first kappa shape index (κ1) is 10.8. The van der Waals surface area contributed by atoms with Gasteiger partial charge in [-0.15, -0.1) is 0 Å². The van der Waals surface area contributed by atoms with Crippen LogP contribution in [0.15, 0.2) is 0 Å². The van der Waals surface area contributed by atoms with Crippen LogP contribution in [-0.2, 0) is 0 Å². The topological polar surface area (TPSA) is 15.3 Å². The van der Waals surface area contributed by atoms with Crippen molar-refractivity contribution in [3.63, 3.8) is 0 Å². The number of nitrogens with zero attached hydrogens (tertiary/aromatic N) is 1. The zero-order chi connectivity index (χ0) is 9.80. The molecule has 2 heterocycles. The quantitative estimate of drug-likeness (QED) is 0.715. The van der Waals surface area contributed by atoms with E-state index >= 15 is 0 Å². The van der Waals surface area contributed by atoms with E-state index in [1.807, 2.05) is 0 Å². The molecule has 0 aromatic carbocycles. The van der Waals surface area contributed by atoms with Gasteiger partial charge in [-0.1, -0.05) is 6.92 Å². The predicted octanol–water partition coefficient (Wildman–Crippen LogP) is 1.57. The number of hydrogen-bond acceptors (Lipinski definition) is 3. The van der Waals surface area contributed by atoms with Crippen LogP contribution in [0, 0.1) is 0 Å². The number of hydrogen-bond donors (Lipinski definition) is 1. The Kier molecular flexibility index (Phi) is 4.14. The average molecular weight is 214 g/mol. The molecule has 2 aliphatic heterocycles. The molecule has 2 bridgehead atoms. The number of rotatable bonds is 4. The van der Waals surface area contributed by atoms with Crippen molar-refractivity contribution in [2.75, 3.05) is 31.1 Å². The predicted molar refractivity (Wildman–Crippen MR) is 64.0 cm³/mol. The minimum absolute atomic E-state index is 0.800. The fourth-order valence-corrected chi connectivity index (χ4v) is 3.23. The molecule has 2 rings (SSSR count). The molecule has 2 aliphatic rings. The highest BCUT2D eigenvalue weighted by Crippen LogP contribution is 2.20. The van der Waals surface area contributed by atoms with Gasteiger partial charge in [0.15, 0.2) is 0 Å². The highest BCUT2D eigenvalue weighted by Gasteiger charge is 2.28. The summed E-state index contributed by atoms with van der Waals surface area (Å²) in [5.41, 5.74) is 0. The molecule has 0 aromatic heterocycles. The van der Waals surface area contributed by atoms with E-state index in [-0.39, 0.29) is 0 Å². The van der Waals surface area contributed by atoms with E-state index in [9.17, 15) is 0 Å². The standard InChI is InChI=1S/C11H22N2S/c1-2-14-8-7-13-6-5-10-3-4-11(9-13)12-10/h10-12H,2-9H2,1H3. The monoisotopic (exact) mass is 214 g/mol. The second kappa shape index (κ2) is 5.38. The molecule has 3 heteroatoms. The molecule has 1 N–H and O–H groups in total. The van der Waals surface area contributed by atoms with Gasteiger partial charge >= 0.3 is 0 Å². The van der Waals surface area contributed by atoms with Crippen molar-refractivity contribution in [3.8, 4) is 0 Å². The molecule has 2 saturated heterocycles. The second-order valence-corrected chi connectivity index (χ2v) is 5.82. The van der Waals surface area contributed by atoms with Crippen LogP contribution in [0.1, 0.15) is 26.2 Å². The van der Waals surface area contributed by atoms with Crippen LogP contribution in [0.5, 0.6) is 0 Å². The van der Waals surface area contributed by atoms with E-state index in [1.54, 1.807) is 0 Å². The highest BCUT2D eigenvalue weighted by atomic mass is 32.2. The molecule has 0 aromatic rings. The Balaban J connectivity index is 1.72. The lowest BCUT2D eigenvalue weighted by atomic mass is 10.1. The van der Waals surface area contributed by atoms with E-state index in [4.69, 9.17) is 0 Å². The van der Waals surface area contributed by atoms with Crippen molar-refractivity contribution < 1.29 is 0 Å². The van der Waals surface area contributed by atoms with Gasteiger partial charge in [0.2, 0.25) is 0 Å². The first-order valence-electron chi connectivity index (χ1n) is 5.94. The van der Waals surface area contributed by atoms with Crippen molar-refractivity contribution >= 4 is 11.8 Å². The first-order valence-corrected chi connectivity index (χ1v) is 7.10. The van der Waals surface area contributed by atoms with E-state index in [0.29, 0.717) is 0 Å². The van der Waals surface area contributed by atoms with E-state index in [2.05, 4.69) is 28.9 Å². The van der Waals surface area contributed by atoms with Crippen LogP contribution >= 0.6 is 11.8 Å². The van der Waals surface area contributed by atoms with Gasteiger partial charge < -0.3 is 10.2 Å². The lowest BCUT2D eigenvalue weighted by Gasteiger charge is -2.23. The third-order valence-electron chi connectivity index (χ3n) is 3.36. The normalized spacial score (nSPS) is 33.2. The van der Waals surface area contributed by atoms with Crippen LogP contribution in [0.2, 0.25) is 0 Å². The van der Waals surface area contributed by atoms with Crippen molar-refractivity contribution in [2.45, 2.75) is 38.3 Å². The van der Waals surface area contributed by atoms with Crippen molar-refractivity contribution in [2.24, 2.45) is 0 Å². The first-order chi connectivity index (χ1) is 6.88. The van der Waals surface area contributed by atoms with Crippen molar-refractivity contribution in [3.05, 3.63) is 0 Å². The molecule has 2 fully saturated rings. The zero-order valence-electron chi connectivity index (χ0n) is 9.17. The molecule has 0 radical (unpaired) electrons. The number of fused-ring (bicyclic) bond motifs is 2. The fourth-order valence-electron chi connectivity index (χ4n) is 2.56. The van der Waals surface area contributed by atoms with Crippen molar-refractivity contribution in [1.29, 1.82) is 0 Å². The number of thioether (sulfide) groups is 1. The van der Waals surface area contributed by atoms with E-state index < -0.39 is 0 Å². The molecule has 14 heavy (non-hydrogen) atoms. The molecule has 0 aliphatic carbocycles. The smallest absolute Gasteiger partial charge is 0.0198 e. The largest absolute Gasteiger partial charge is 0.310 e. The van der Waals surface area contributed by atoms with Gasteiger partial charge in [0, 0.05) is 30.9 Å². The van der Waals surface area contributed by atoms with Crippen LogP contribution in [0.3, 0.4) is 0 Å². The Hall–Kier alpha value is 0.270. The summed E-state index contributed by atoms with van der Waals surface area (Å²) in [6, 6.07) is 1.64. The molecule has 2 atom stereocenters. The number of likely N-dealkylation sites (tertiary alicyclic amines) is 1. The second-order valence-electron chi connectivity index (χ2n) is 4.42. The van der Waals surface area contributed by atoms with E-state index in [1.165, 1.54) is 50.4 Å². The lowest BCUT2D eigenvalue weighted by Crippen LogP contribution is -2.36. The third-order valence-corrected chi connectivity index (χ3v) is 4.24. The summed E-state index contributed by atoms with van der Waals surface area (Å²) in [6.07, 6.45) is 4.19. The Bertz CT molecular complexity index is 175. The molecule has 2 nitrogen and oxygen atoms in total. The maximum Gasteiger partial charge on any atom is 0.0198 e. The van der Waals surface area contributed by atoms with Crippen molar-refractivity contribution in [1.82, 2.24) is 10.2 Å². The maximum absolute atomic E-state index is 3.72. The SMILES string of the molecule is CCSCCN1CCC2CCC(C1)N2. The summed E-state index contributed by atoms with van der Waals surface area (Å²) in [7, 11) is 0. The zero-order valence-corrected chi connectivity index (χ0v) is 9.98. The molecule has 82 valence electrons. The van der Waals surface area contributed by atoms with Gasteiger partial charge in [0.1, 0.15) is 0 Å². The summed E-state index contributed by atoms with van der Waals surface area (Å²) in [5.74, 6) is 2.58. The number of nitrogens with one attached hydrogen (secondary N) is 1. The van der Waals surface area contributed by atoms with Crippen LogP contribution in [0.4, 0.5) is 0 Å².